The first-order valence-corrected chi connectivity index (χ1v) is 9.63. The molecule has 3 aromatic rings. The van der Waals surface area contributed by atoms with E-state index in [0.29, 0.717) is 12.4 Å². The predicted octanol–water partition coefficient (Wildman–Crippen LogP) is 4.65. The second-order valence-electron chi connectivity index (χ2n) is 6.03. The van der Waals surface area contributed by atoms with Crippen molar-refractivity contribution in [2.75, 3.05) is 0 Å². The highest BCUT2D eigenvalue weighted by Gasteiger charge is 2.17. The van der Waals surface area contributed by atoms with Crippen molar-refractivity contribution in [2.24, 2.45) is 0 Å². The van der Waals surface area contributed by atoms with Gasteiger partial charge in [0.05, 0.1) is 0 Å². The van der Waals surface area contributed by atoms with Gasteiger partial charge in [0.2, 0.25) is 0 Å². The number of aryl methyl sites for hydroxylation is 2. The number of benzene rings is 3. The molecule has 0 aliphatic rings. The van der Waals surface area contributed by atoms with Crippen LogP contribution in [0.25, 0.3) is 0 Å². The van der Waals surface area contributed by atoms with Crippen LogP contribution in [0.5, 0.6) is 11.5 Å². The molecular weight excluding hydrogens is 348 g/mol. The van der Waals surface area contributed by atoms with E-state index in [1.54, 1.807) is 42.5 Å². The molecule has 0 aliphatic carbocycles. The third-order valence-corrected chi connectivity index (χ3v) is 5.29. The van der Waals surface area contributed by atoms with E-state index in [1.165, 1.54) is 0 Å². The molecule has 0 unspecified atom stereocenters. The first-order chi connectivity index (χ1) is 12.4. The molecule has 3 aromatic carbocycles. The molecule has 0 heterocycles. The average molecular weight is 368 g/mol. The van der Waals surface area contributed by atoms with Crippen LogP contribution < -0.4 is 8.92 Å². The van der Waals surface area contributed by atoms with Gasteiger partial charge in [0.25, 0.3) is 0 Å². The van der Waals surface area contributed by atoms with Gasteiger partial charge in [0.15, 0.2) is 0 Å². The van der Waals surface area contributed by atoms with E-state index >= 15 is 0 Å². The van der Waals surface area contributed by atoms with Gasteiger partial charge in [-0.2, -0.15) is 8.42 Å². The number of ether oxygens (including phenoxy) is 1. The van der Waals surface area contributed by atoms with Crippen LogP contribution in [0.2, 0.25) is 0 Å². The van der Waals surface area contributed by atoms with Gasteiger partial charge in [0.1, 0.15) is 23.0 Å². The predicted molar refractivity (Wildman–Crippen MR) is 101 cm³/mol. The van der Waals surface area contributed by atoms with Crippen LogP contribution in [-0.4, -0.2) is 8.42 Å². The zero-order chi connectivity index (χ0) is 18.6. The lowest BCUT2D eigenvalue weighted by molar-refractivity contribution is 0.306. The summed E-state index contributed by atoms with van der Waals surface area (Å²) >= 11 is 0. The highest BCUT2D eigenvalue weighted by atomic mass is 32.2. The monoisotopic (exact) mass is 368 g/mol. The normalized spacial score (nSPS) is 11.2. The van der Waals surface area contributed by atoms with Crippen molar-refractivity contribution in [3.63, 3.8) is 0 Å². The first kappa shape index (κ1) is 18.0. The Morgan fingerprint density at radius 1 is 0.769 bits per heavy atom. The Kier molecular flexibility index (Phi) is 5.28. The molecule has 0 fully saturated rings. The fourth-order valence-corrected chi connectivity index (χ4v) is 3.39. The molecule has 0 N–H and O–H groups in total. The molecule has 0 radical (unpaired) electrons. The van der Waals surface area contributed by atoms with Crippen molar-refractivity contribution in [1.82, 2.24) is 0 Å². The molecule has 0 amide bonds. The summed E-state index contributed by atoms with van der Waals surface area (Å²) in [4.78, 5) is 0.144. The molecule has 0 bridgehead atoms. The summed E-state index contributed by atoms with van der Waals surface area (Å²) in [5.74, 6) is 0.889. The maximum absolute atomic E-state index is 12.4. The van der Waals surface area contributed by atoms with Crippen LogP contribution in [0.3, 0.4) is 0 Å². The summed E-state index contributed by atoms with van der Waals surface area (Å²) in [5, 5.41) is 0. The molecule has 0 saturated carbocycles. The van der Waals surface area contributed by atoms with Gasteiger partial charge in [-0.15, -0.1) is 0 Å². The minimum absolute atomic E-state index is 0.144. The molecule has 0 atom stereocenters. The quantitative estimate of drug-likeness (QED) is 0.594. The standard InChI is InChI=1S/C21H20O4S/c1-16-8-13-21(14-17(16)2)26(22,23)25-20-11-9-19(10-12-20)24-15-18-6-4-3-5-7-18/h3-14H,15H2,1-2H3. The molecule has 134 valence electrons. The topological polar surface area (TPSA) is 52.6 Å². The summed E-state index contributed by atoms with van der Waals surface area (Å²) in [7, 11) is -3.86. The van der Waals surface area contributed by atoms with Gasteiger partial charge >= 0.3 is 10.1 Å². The van der Waals surface area contributed by atoms with Crippen LogP contribution in [0.4, 0.5) is 0 Å². The second kappa shape index (κ2) is 7.62. The molecular formula is C21H20O4S. The summed E-state index contributed by atoms with van der Waals surface area (Å²) in [6.07, 6.45) is 0. The minimum Gasteiger partial charge on any atom is -0.489 e. The summed E-state index contributed by atoms with van der Waals surface area (Å²) in [5.41, 5.74) is 2.99. The zero-order valence-electron chi connectivity index (χ0n) is 14.7. The van der Waals surface area contributed by atoms with E-state index in [-0.39, 0.29) is 10.6 Å². The van der Waals surface area contributed by atoms with Crippen molar-refractivity contribution in [1.29, 1.82) is 0 Å². The van der Waals surface area contributed by atoms with Gasteiger partial charge < -0.3 is 8.92 Å². The lowest BCUT2D eigenvalue weighted by Gasteiger charge is -2.10. The largest absolute Gasteiger partial charge is 0.489 e. The fraction of sp³-hybridized carbons (Fsp3) is 0.143. The highest BCUT2D eigenvalue weighted by Crippen LogP contribution is 2.23. The van der Waals surface area contributed by atoms with Gasteiger partial charge in [-0.05, 0) is 66.9 Å². The molecule has 26 heavy (non-hydrogen) atoms. The van der Waals surface area contributed by atoms with Gasteiger partial charge in [-0.3, -0.25) is 0 Å². The Labute approximate surface area is 154 Å². The molecule has 0 aliphatic heterocycles. The molecule has 4 nitrogen and oxygen atoms in total. The minimum atomic E-state index is -3.86. The van der Waals surface area contributed by atoms with Gasteiger partial charge in [-0.25, -0.2) is 0 Å². The Morgan fingerprint density at radius 2 is 1.42 bits per heavy atom. The van der Waals surface area contributed by atoms with Crippen LogP contribution in [0.15, 0.2) is 77.7 Å². The Bertz CT molecular complexity index is 978. The van der Waals surface area contributed by atoms with Gasteiger partial charge in [0, 0.05) is 0 Å². The van der Waals surface area contributed by atoms with E-state index in [0.717, 1.165) is 16.7 Å². The fourth-order valence-electron chi connectivity index (χ4n) is 2.38. The number of hydrogen-bond acceptors (Lipinski definition) is 4. The van der Waals surface area contributed by atoms with Crippen molar-refractivity contribution >= 4 is 10.1 Å². The van der Waals surface area contributed by atoms with Crippen molar-refractivity contribution in [3.05, 3.63) is 89.5 Å². The molecule has 0 aromatic heterocycles. The summed E-state index contributed by atoms with van der Waals surface area (Å²) in [6.45, 7) is 4.25. The van der Waals surface area contributed by atoms with E-state index in [1.807, 2.05) is 44.2 Å². The van der Waals surface area contributed by atoms with Crippen molar-refractivity contribution < 1.29 is 17.3 Å². The second-order valence-corrected chi connectivity index (χ2v) is 7.58. The number of hydrogen-bond donors (Lipinski definition) is 0. The lowest BCUT2D eigenvalue weighted by Crippen LogP contribution is -2.10. The van der Waals surface area contributed by atoms with Gasteiger partial charge in [-0.1, -0.05) is 36.4 Å². The van der Waals surface area contributed by atoms with E-state index in [9.17, 15) is 8.42 Å². The van der Waals surface area contributed by atoms with Crippen LogP contribution in [-0.2, 0) is 16.7 Å². The molecule has 0 saturated heterocycles. The summed E-state index contributed by atoms with van der Waals surface area (Å²) < 4.78 is 35.7. The zero-order valence-corrected chi connectivity index (χ0v) is 15.5. The van der Waals surface area contributed by atoms with Crippen molar-refractivity contribution in [2.45, 2.75) is 25.3 Å². The smallest absolute Gasteiger partial charge is 0.339 e. The van der Waals surface area contributed by atoms with Crippen LogP contribution >= 0.6 is 0 Å². The van der Waals surface area contributed by atoms with Crippen LogP contribution in [0.1, 0.15) is 16.7 Å². The Morgan fingerprint density at radius 3 is 2.08 bits per heavy atom. The third-order valence-electron chi connectivity index (χ3n) is 4.05. The summed E-state index contributed by atoms with van der Waals surface area (Å²) in [6, 6.07) is 21.3. The first-order valence-electron chi connectivity index (χ1n) is 8.22. The maximum Gasteiger partial charge on any atom is 0.339 e. The third kappa shape index (κ3) is 4.43. The van der Waals surface area contributed by atoms with Crippen molar-refractivity contribution in [3.8, 4) is 11.5 Å². The van der Waals surface area contributed by atoms with E-state index in [2.05, 4.69) is 0 Å². The average Bonchev–Trinajstić information content (AvgIpc) is 2.64. The molecule has 3 rings (SSSR count). The maximum atomic E-state index is 12.4. The Hall–Kier alpha value is -2.79. The molecule has 5 heteroatoms. The van der Waals surface area contributed by atoms with E-state index in [4.69, 9.17) is 8.92 Å². The van der Waals surface area contributed by atoms with E-state index < -0.39 is 10.1 Å². The van der Waals surface area contributed by atoms with Crippen LogP contribution in [0, 0.1) is 13.8 Å². The SMILES string of the molecule is Cc1ccc(S(=O)(=O)Oc2ccc(OCc3ccccc3)cc2)cc1C. The Balaban J connectivity index is 1.67. The highest BCUT2D eigenvalue weighted by molar-refractivity contribution is 7.87. The number of rotatable bonds is 6. The molecule has 0 spiro atoms. The lowest BCUT2D eigenvalue weighted by atomic mass is 10.1.